The Kier molecular flexibility index (Phi) is 3.01. The van der Waals surface area contributed by atoms with Crippen molar-refractivity contribution < 1.29 is 9.53 Å². The van der Waals surface area contributed by atoms with Crippen LogP contribution in [0.1, 0.15) is 44.6 Å². The van der Waals surface area contributed by atoms with Crippen LogP contribution >= 0.6 is 0 Å². The lowest BCUT2D eigenvalue weighted by atomic mass is 9.91. The van der Waals surface area contributed by atoms with Gasteiger partial charge in [0.1, 0.15) is 0 Å². The molecule has 1 aliphatic heterocycles. The van der Waals surface area contributed by atoms with Crippen LogP contribution in [0.4, 0.5) is 0 Å². The molecule has 1 spiro atoms. The summed E-state index contributed by atoms with van der Waals surface area (Å²) in [5.41, 5.74) is 0.395. The van der Waals surface area contributed by atoms with Gasteiger partial charge in [-0.15, -0.1) is 5.10 Å². The van der Waals surface area contributed by atoms with Gasteiger partial charge in [-0.05, 0) is 25.0 Å². The smallest absolute Gasteiger partial charge is 0.243 e. The normalized spacial score (nSPS) is 21.1. The van der Waals surface area contributed by atoms with Crippen molar-refractivity contribution in [3.8, 4) is 0 Å². The Morgan fingerprint density at radius 3 is 2.53 bits per heavy atom. The number of hydrogen-bond acceptors (Lipinski definition) is 3. The minimum absolute atomic E-state index is 0.0483. The predicted molar refractivity (Wildman–Crippen MR) is 72.4 cm³/mol. The first-order valence-electron chi connectivity index (χ1n) is 6.85. The molecule has 2 aliphatic rings. The first-order valence-corrected chi connectivity index (χ1v) is 6.85. The van der Waals surface area contributed by atoms with Gasteiger partial charge in [-0.2, -0.15) is 5.01 Å². The number of carbonyl (C=O) groups is 1. The van der Waals surface area contributed by atoms with Crippen molar-refractivity contribution in [3.63, 3.8) is 0 Å². The van der Waals surface area contributed by atoms with Crippen molar-refractivity contribution in [1.29, 1.82) is 0 Å². The van der Waals surface area contributed by atoms with E-state index in [1.807, 2.05) is 30.3 Å². The molecule has 3 rings (SSSR count). The molecule has 1 aromatic rings. The molecule has 0 saturated heterocycles. The predicted octanol–water partition coefficient (Wildman–Crippen LogP) is 2.89. The SMILES string of the molecule is CC(=O)N1N=C(c2ccccc2)OC12CCCCC2. The summed E-state index contributed by atoms with van der Waals surface area (Å²) in [7, 11) is 0. The summed E-state index contributed by atoms with van der Waals surface area (Å²) in [6.45, 7) is 1.55. The Bertz CT molecular complexity index is 504. The quantitative estimate of drug-likeness (QED) is 0.777. The van der Waals surface area contributed by atoms with Gasteiger partial charge in [0, 0.05) is 25.3 Å². The summed E-state index contributed by atoms with van der Waals surface area (Å²) >= 11 is 0. The van der Waals surface area contributed by atoms with Gasteiger partial charge in [0.05, 0.1) is 0 Å². The largest absolute Gasteiger partial charge is 0.447 e. The third-order valence-electron chi connectivity index (χ3n) is 3.82. The van der Waals surface area contributed by atoms with E-state index in [4.69, 9.17) is 4.74 Å². The van der Waals surface area contributed by atoms with Crippen LogP contribution in [-0.4, -0.2) is 22.5 Å². The molecule has 19 heavy (non-hydrogen) atoms. The molecule has 1 aliphatic carbocycles. The third kappa shape index (κ3) is 2.11. The number of rotatable bonds is 1. The van der Waals surface area contributed by atoms with Crippen LogP contribution in [0.15, 0.2) is 35.4 Å². The summed E-state index contributed by atoms with van der Waals surface area (Å²) in [5, 5.41) is 5.96. The fourth-order valence-electron chi connectivity index (χ4n) is 2.90. The highest BCUT2D eigenvalue weighted by Gasteiger charge is 2.47. The number of nitrogens with zero attached hydrogens (tertiary/aromatic N) is 2. The average molecular weight is 258 g/mol. The van der Waals surface area contributed by atoms with Crippen molar-refractivity contribution in [2.45, 2.75) is 44.8 Å². The summed E-state index contributed by atoms with van der Waals surface area (Å²) in [6, 6.07) is 9.77. The second-order valence-corrected chi connectivity index (χ2v) is 5.21. The fraction of sp³-hybridized carbons (Fsp3) is 0.467. The van der Waals surface area contributed by atoms with Crippen molar-refractivity contribution >= 4 is 11.8 Å². The number of ether oxygens (including phenoxy) is 1. The molecule has 0 N–H and O–H groups in total. The molecule has 0 unspecified atom stereocenters. The molecule has 1 amide bonds. The highest BCUT2D eigenvalue weighted by Crippen LogP contribution is 2.39. The highest BCUT2D eigenvalue weighted by molar-refractivity contribution is 5.96. The van der Waals surface area contributed by atoms with Gasteiger partial charge < -0.3 is 4.74 Å². The van der Waals surface area contributed by atoms with Crippen LogP contribution in [0, 0.1) is 0 Å². The molecule has 4 heteroatoms. The van der Waals surface area contributed by atoms with Gasteiger partial charge in [-0.25, -0.2) is 0 Å². The van der Waals surface area contributed by atoms with Crippen LogP contribution in [0.5, 0.6) is 0 Å². The van der Waals surface area contributed by atoms with Crippen LogP contribution in [-0.2, 0) is 9.53 Å². The van der Waals surface area contributed by atoms with E-state index >= 15 is 0 Å². The first-order chi connectivity index (χ1) is 9.21. The molecule has 100 valence electrons. The van der Waals surface area contributed by atoms with Gasteiger partial charge in [0.15, 0.2) is 0 Å². The van der Waals surface area contributed by atoms with E-state index in [1.165, 1.54) is 6.42 Å². The van der Waals surface area contributed by atoms with E-state index in [-0.39, 0.29) is 5.91 Å². The Labute approximate surface area is 113 Å². The minimum Gasteiger partial charge on any atom is -0.447 e. The van der Waals surface area contributed by atoms with Crippen molar-refractivity contribution in [3.05, 3.63) is 35.9 Å². The molecule has 0 aromatic heterocycles. The van der Waals surface area contributed by atoms with Crippen molar-refractivity contribution in [1.82, 2.24) is 5.01 Å². The lowest BCUT2D eigenvalue weighted by Gasteiger charge is -2.37. The van der Waals surface area contributed by atoms with Crippen molar-refractivity contribution in [2.24, 2.45) is 5.10 Å². The van der Waals surface area contributed by atoms with Gasteiger partial charge >= 0.3 is 0 Å². The summed E-state index contributed by atoms with van der Waals surface area (Å²) in [5.74, 6) is 0.519. The molecule has 0 bridgehead atoms. The monoisotopic (exact) mass is 258 g/mol. The average Bonchev–Trinajstić information content (AvgIpc) is 2.80. The fourth-order valence-corrected chi connectivity index (χ4v) is 2.90. The van der Waals surface area contributed by atoms with E-state index < -0.39 is 5.72 Å². The van der Waals surface area contributed by atoms with Crippen LogP contribution in [0.3, 0.4) is 0 Å². The number of amides is 1. The maximum Gasteiger partial charge on any atom is 0.243 e. The Morgan fingerprint density at radius 2 is 1.89 bits per heavy atom. The van der Waals surface area contributed by atoms with E-state index in [0.717, 1.165) is 31.2 Å². The maximum atomic E-state index is 11.8. The molecular weight excluding hydrogens is 240 g/mol. The Balaban J connectivity index is 1.93. The molecule has 0 atom stereocenters. The van der Waals surface area contributed by atoms with Crippen molar-refractivity contribution in [2.75, 3.05) is 0 Å². The lowest BCUT2D eigenvalue weighted by molar-refractivity contribution is -0.151. The minimum atomic E-state index is -0.532. The molecule has 1 fully saturated rings. The Hall–Kier alpha value is -1.84. The van der Waals surface area contributed by atoms with E-state index in [9.17, 15) is 4.79 Å². The maximum absolute atomic E-state index is 11.8. The zero-order chi connectivity index (χ0) is 13.3. The standard InChI is InChI=1S/C15H18N2O2/c1-12(18)17-15(10-6-3-7-11-15)19-14(16-17)13-8-4-2-5-9-13/h2,4-5,8-9H,3,6-7,10-11H2,1H3. The molecular formula is C15H18N2O2. The number of carbonyl (C=O) groups excluding carboxylic acids is 1. The number of benzene rings is 1. The molecule has 4 nitrogen and oxygen atoms in total. The highest BCUT2D eigenvalue weighted by atomic mass is 16.6. The molecule has 1 saturated carbocycles. The summed E-state index contributed by atoms with van der Waals surface area (Å²) in [6.07, 6.45) is 5.11. The second-order valence-electron chi connectivity index (χ2n) is 5.21. The molecule has 1 heterocycles. The number of hydrazone groups is 1. The Morgan fingerprint density at radius 1 is 1.21 bits per heavy atom. The topological polar surface area (TPSA) is 41.9 Å². The second kappa shape index (κ2) is 4.68. The zero-order valence-corrected chi connectivity index (χ0v) is 11.1. The van der Waals surface area contributed by atoms with Crippen LogP contribution in [0.25, 0.3) is 0 Å². The van der Waals surface area contributed by atoms with E-state index in [1.54, 1.807) is 11.9 Å². The van der Waals surface area contributed by atoms with Crippen LogP contribution in [0.2, 0.25) is 0 Å². The summed E-state index contributed by atoms with van der Waals surface area (Å²) < 4.78 is 6.10. The van der Waals surface area contributed by atoms with E-state index in [2.05, 4.69) is 5.10 Å². The van der Waals surface area contributed by atoms with Gasteiger partial charge in [-0.3, -0.25) is 4.79 Å². The zero-order valence-electron chi connectivity index (χ0n) is 11.1. The van der Waals surface area contributed by atoms with Gasteiger partial charge in [-0.1, -0.05) is 24.6 Å². The van der Waals surface area contributed by atoms with E-state index in [0.29, 0.717) is 5.90 Å². The molecule has 0 radical (unpaired) electrons. The van der Waals surface area contributed by atoms with Gasteiger partial charge in [0.25, 0.3) is 0 Å². The van der Waals surface area contributed by atoms with Gasteiger partial charge in [0.2, 0.25) is 17.5 Å². The third-order valence-corrected chi connectivity index (χ3v) is 3.82. The summed E-state index contributed by atoms with van der Waals surface area (Å²) in [4.78, 5) is 11.8. The lowest BCUT2D eigenvalue weighted by Crippen LogP contribution is -2.48. The number of hydrogen-bond donors (Lipinski definition) is 0. The van der Waals surface area contributed by atoms with Crippen LogP contribution < -0.4 is 0 Å². The first kappa shape index (κ1) is 12.2. The molecule has 1 aromatic carbocycles.